The molecule has 0 amide bonds. The first-order valence-electron chi connectivity index (χ1n) is 10.8. The molecule has 1 aromatic carbocycles. The first-order valence-corrected chi connectivity index (χ1v) is 10.8. The van der Waals surface area contributed by atoms with Crippen LogP contribution in [0, 0.1) is 5.92 Å². The van der Waals surface area contributed by atoms with Crippen LogP contribution >= 0.6 is 0 Å². The summed E-state index contributed by atoms with van der Waals surface area (Å²) in [4.78, 5) is 9.44. The summed E-state index contributed by atoms with van der Waals surface area (Å²) in [6.07, 6.45) is 5.20. The molecule has 0 bridgehead atoms. The van der Waals surface area contributed by atoms with Crippen molar-refractivity contribution in [3.8, 4) is 5.75 Å². The minimum Gasteiger partial charge on any atom is -0.495 e. The Morgan fingerprint density at radius 2 is 2.00 bits per heavy atom. The Kier molecular flexibility index (Phi) is 7.83. The van der Waals surface area contributed by atoms with Crippen molar-refractivity contribution in [2.45, 2.75) is 38.6 Å². The van der Waals surface area contributed by atoms with Gasteiger partial charge in [0.05, 0.1) is 12.8 Å². The number of anilines is 1. The van der Waals surface area contributed by atoms with Crippen LogP contribution in [0.4, 0.5) is 5.69 Å². The second kappa shape index (κ2) is 10.6. The number of piperidine rings is 1. The number of ether oxygens (including phenoxy) is 1. The molecule has 0 aromatic heterocycles. The zero-order valence-corrected chi connectivity index (χ0v) is 17.8. The van der Waals surface area contributed by atoms with Crippen molar-refractivity contribution in [2.75, 3.05) is 58.3 Å². The molecule has 0 radical (unpaired) electrons. The normalized spacial score (nSPS) is 22.2. The summed E-state index contributed by atoms with van der Waals surface area (Å²) in [6, 6.07) is 8.65. The highest BCUT2D eigenvalue weighted by atomic mass is 16.5. The molecule has 1 aromatic rings. The quantitative estimate of drug-likeness (QED) is 0.556. The summed E-state index contributed by atoms with van der Waals surface area (Å²) >= 11 is 0. The van der Waals surface area contributed by atoms with Crippen LogP contribution < -0.4 is 20.3 Å². The van der Waals surface area contributed by atoms with Gasteiger partial charge in [-0.1, -0.05) is 25.5 Å². The summed E-state index contributed by atoms with van der Waals surface area (Å²) < 4.78 is 5.52. The minimum atomic E-state index is 0.397. The van der Waals surface area contributed by atoms with Crippen LogP contribution in [-0.4, -0.2) is 70.3 Å². The van der Waals surface area contributed by atoms with Gasteiger partial charge >= 0.3 is 0 Å². The van der Waals surface area contributed by atoms with Crippen LogP contribution in [0.5, 0.6) is 5.75 Å². The van der Waals surface area contributed by atoms with Crippen LogP contribution in [0.2, 0.25) is 0 Å². The van der Waals surface area contributed by atoms with Gasteiger partial charge in [0.1, 0.15) is 5.75 Å². The molecule has 28 heavy (non-hydrogen) atoms. The lowest BCUT2D eigenvalue weighted by molar-refractivity contribution is 0.201. The van der Waals surface area contributed by atoms with Gasteiger partial charge in [0.2, 0.25) is 0 Å². The van der Waals surface area contributed by atoms with Crippen molar-refractivity contribution in [1.82, 2.24) is 15.5 Å². The maximum absolute atomic E-state index is 5.52. The number of aliphatic imine (C=N–C) groups is 1. The summed E-state index contributed by atoms with van der Waals surface area (Å²) in [5, 5.41) is 7.14. The third-order valence-electron chi connectivity index (χ3n) is 5.82. The largest absolute Gasteiger partial charge is 0.495 e. The monoisotopic (exact) mass is 387 g/mol. The molecular weight excluding hydrogens is 350 g/mol. The molecule has 0 aliphatic carbocycles. The Labute approximate surface area is 170 Å². The Hall–Kier alpha value is -1.95. The number of hydrogen-bond acceptors (Lipinski definition) is 4. The average molecular weight is 388 g/mol. The molecule has 3 rings (SSSR count). The summed E-state index contributed by atoms with van der Waals surface area (Å²) in [6.45, 7) is 8.98. The lowest BCUT2D eigenvalue weighted by Gasteiger charge is -2.29. The topological polar surface area (TPSA) is 52.1 Å². The van der Waals surface area contributed by atoms with Gasteiger partial charge in [-0.3, -0.25) is 4.99 Å². The number of nitrogens with zero attached hydrogens (tertiary/aromatic N) is 3. The van der Waals surface area contributed by atoms with Crippen LogP contribution in [0.15, 0.2) is 29.3 Å². The van der Waals surface area contributed by atoms with E-state index in [1.807, 2.05) is 19.2 Å². The Morgan fingerprint density at radius 3 is 2.75 bits per heavy atom. The van der Waals surface area contributed by atoms with Gasteiger partial charge in [0.15, 0.2) is 5.96 Å². The van der Waals surface area contributed by atoms with E-state index in [0.29, 0.717) is 12.0 Å². The number of rotatable bonds is 7. The number of hydrogen-bond donors (Lipinski definition) is 2. The van der Waals surface area contributed by atoms with Crippen molar-refractivity contribution < 1.29 is 4.74 Å². The van der Waals surface area contributed by atoms with E-state index in [-0.39, 0.29) is 0 Å². The maximum Gasteiger partial charge on any atom is 0.191 e. The van der Waals surface area contributed by atoms with E-state index in [9.17, 15) is 0 Å². The second-order valence-corrected chi connectivity index (χ2v) is 8.17. The SMILES string of the molecule is CN=C(NCC(C)CN1CCCCC1)NC1CCN(c2ccccc2OC)C1. The molecule has 2 unspecified atom stereocenters. The molecule has 2 atom stereocenters. The molecule has 0 spiro atoms. The van der Waals surface area contributed by atoms with Crippen molar-refractivity contribution in [3.05, 3.63) is 24.3 Å². The van der Waals surface area contributed by atoms with E-state index in [2.05, 4.69) is 44.5 Å². The van der Waals surface area contributed by atoms with Gasteiger partial charge < -0.3 is 25.2 Å². The molecule has 2 heterocycles. The molecule has 2 aliphatic rings. The zero-order valence-electron chi connectivity index (χ0n) is 17.8. The summed E-state index contributed by atoms with van der Waals surface area (Å²) in [5.74, 6) is 2.47. The Bertz CT molecular complexity index is 629. The molecule has 6 heteroatoms. The summed E-state index contributed by atoms with van der Waals surface area (Å²) in [5.41, 5.74) is 1.17. The number of likely N-dealkylation sites (tertiary alicyclic amines) is 1. The van der Waals surface area contributed by atoms with E-state index in [1.165, 1.54) is 44.6 Å². The number of benzene rings is 1. The van der Waals surface area contributed by atoms with Crippen LogP contribution in [0.1, 0.15) is 32.6 Å². The van der Waals surface area contributed by atoms with E-state index < -0.39 is 0 Å². The molecule has 2 N–H and O–H groups in total. The van der Waals surface area contributed by atoms with Gasteiger partial charge in [-0.25, -0.2) is 0 Å². The van der Waals surface area contributed by atoms with Gasteiger partial charge in [-0.2, -0.15) is 0 Å². The van der Waals surface area contributed by atoms with Crippen molar-refractivity contribution in [2.24, 2.45) is 10.9 Å². The molecule has 0 saturated carbocycles. The number of para-hydroxylation sites is 2. The fourth-order valence-electron chi connectivity index (χ4n) is 4.29. The number of methoxy groups -OCH3 is 1. The van der Waals surface area contributed by atoms with Gasteiger partial charge in [-0.15, -0.1) is 0 Å². The smallest absolute Gasteiger partial charge is 0.191 e. The van der Waals surface area contributed by atoms with Crippen molar-refractivity contribution in [3.63, 3.8) is 0 Å². The zero-order chi connectivity index (χ0) is 19.8. The van der Waals surface area contributed by atoms with Gasteiger partial charge in [-0.05, 0) is 50.4 Å². The number of guanidine groups is 1. The number of nitrogens with one attached hydrogen (secondary N) is 2. The lowest BCUT2D eigenvalue weighted by atomic mass is 10.1. The van der Waals surface area contributed by atoms with E-state index in [0.717, 1.165) is 37.8 Å². The van der Waals surface area contributed by atoms with Crippen molar-refractivity contribution >= 4 is 11.6 Å². The van der Waals surface area contributed by atoms with Crippen molar-refractivity contribution in [1.29, 1.82) is 0 Å². The maximum atomic E-state index is 5.52. The fourth-order valence-corrected chi connectivity index (χ4v) is 4.29. The van der Waals surface area contributed by atoms with Gasteiger partial charge in [0.25, 0.3) is 0 Å². The molecule has 6 nitrogen and oxygen atoms in total. The third kappa shape index (κ3) is 5.77. The summed E-state index contributed by atoms with van der Waals surface area (Å²) in [7, 11) is 3.60. The van der Waals surface area contributed by atoms with Gasteiger partial charge in [0, 0.05) is 39.3 Å². The van der Waals surface area contributed by atoms with Crippen LogP contribution in [0.25, 0.3) is 0 Å². The lowest BCUT2D eigenvalue weighted by Crippen LogP contribution is -2.46. The average Bonchev–Trinajstić information content (AvgIpc) is 3.20. The Balaban J connectivity index is 1.43. The van der Waals surface area contributed by atoms with Crippen LogP contribution in [-0.2, 0) is 0 Å². The highest BCUT2D eigenvalue weighted by molar-refractivity contribution is 5.80. The highest BCUT2D eigenvalue weighted by Gasteiger charge is 2.25. The molecule has 2 saturated heterocycles. The predicted molar refractivity (Wildman–Crippen MR) is 118 cm³/mol. The molecule has 2 aliphatic heterocycles. The Morgan fingerprint density at radius 1 is 1.21 bits per heavy atom. The van der Waals surface area contributed by atoms with Crippen LogP contribution in [0.3, 0.4) is 0 Å². The standard InChI is InChI=1S/C22H37N5O/c1-18(16-26-12-7-4-8-13-26)15-24-22(23-2)25-19-11-14-27(17-19)20-9-5-6-10-21(20)28-3/h5-6,9-10,18-19H,4,7-8,11-17H2,1-3H3,(H2,23,24,25). The van der Waals surface area contributed by atoms with E-state index >= 15 is 0 Å². The minimum absolute atomic E-state index is 0.397. The second-order valence-electron chi connectivity index (χ2n) is 8.17. The molecular formula is C22H37N5O. The third-order valence-corrected chi connectivity index (χ3v) is 5.82. The molecule has 156 valence electrons. The molecule has 2 fully saturated rings. The van der Waals surface area contributed by atoms with E-state index in [4.69, 9.17) is 4.74 Å². The first kappa shape index (κ1) is 20.8. The van der Waals surface area contributed by atoms with E-state index in [1.54, 1.807) is 7.11 Å². The predicted octanol–water partition coefficient (Wildman–Crippen LogP) is 2.56. The first-order chi connectivity index (χ1) is 13.7. The highest BCUT2D eigenvalue weighted by Crippen LogP contribution is 2.30. The fraction of sp³-hybridized carbons (Fsp3) is 0.682.